The Hall–Kier alpha value is -1.53. The van der Waals surface area contributed by atoms with Crippen LogP contribution in [-0.2, 0) is 6.42 Å². The van der Waals surface area contributed by atoms with E-state index in [1.807, 2.05) is 32.9 Å². The number of nitriles is 1. The van der Waals surface area contributed by atoms with Gasteiger partial charge >= 0.3 is 0 Å². The molecule has 0 fully saturated rings. The Morgan fingerprint density at radius 3 is 2.45 bits per heavy atom. The van der Waals surface area contributed by atoms with Crippen molar-refractivity contribution in [1.82, 2.24) is 5.32 Å². The first kappa shape index (κ1) is 16.5. The Balaban J connectivity index is 2.45. The average Bonchev–Trinajstić information content (AvgIpc) is 2.40. The maximum absolute atomic E-state index is 9.26. The van der Waals surface area contributed by atoms with Gasteiger partial charge in [0.15, 0.2) is 0 Å². The standard InChI is InChI=1S/C17H26N2O/c1-5-6-15-7-9-16(10-8-15)20-12-11-17(4,13-18)19-14(2)3/h7-10,14,19H,5-6,11-12H2,1-4H3. The number of hydrogen-bond acceptors (Lipinski definition) is 3. The van der Waals surface area contributed by atoms with Gasteiger partial charge in [0, 0.05) is 12.5 Å². The summed E-state index contributed by atoms with van der Waals surface area (Å²) < 4.78 is 5.73. The quantitative estimate of drug-likeness (QED) is 0.786. The first-order valence-electron chi connectivity index (χ1n) is 7.40. The molecule has 0 aliphatic heterocycles. The van der Waals surface area contributed by atoms with Crippen molar-refractivity contribution in [1.29, 1.82) is 5.26 Å². The molecule has 0 radical (unpaired) electrons. The van der Waals surface area contributed by atoms with Crippen molar-refractivity contribution in [3.8, 4) is 11.8 Å². The fraction of sp³-hybridized carbons (Fsp3) is 0.588. The second-order valence-electron chi connectivity index (χ2n) is 5.74. The van der Waals surface area contributed by atoms with E-state index in [2.05, 4.69) is 30.4 Å². The molecule has 0 saturated carbocycles. The predicted octanol–water partition coefficient (Wildman–Crippen LogP) is 3.69. The van der Waals surface area contributed by atoms with Crippen LogP contribution >= 0.6 is 0 Å². The summed E-state index contributed by atoms with van der Waals surface area (Å²) in [5.41, 5.74) is 0.805. The molecule has 3 nitrogen and oxygen atoms in total. The van der Waals surface area contributed by atoms with E-state index in [4.69, 9.17) is 4.74 Å². The second-order valence-corrected chi connectivity index (χ2v) is 5.74. The van der Waals surface area contributed by atoms with Crippen molar-refractivity contribution in [2.45, 2.75) is 58.5 Å². The smallest absolute Gasteiger partial charge is 0.119 e. The minimum Gasteiger partial charge on any atom is -0.493 e. The Labute approximate surface area is 123 Å². The van der Waals surface area contributed by atoms with Gasteiger partial charge in [-0.2, -0.15) is 5.26 Å². The van der Waals surface area contributed by atoms with Gasteiger partial charge < -0.3 is 4.74 Å². The number of nitrogens with zero attached hydrogens (tertiary/aromatic N) is 1. The number of rotatable bonds is 8. The normalized spacial score (nSPS) is 13.8. The molecule has 1 N–H and O–H groups in total. The summed E-state index contributed by atoms with van der Waals surface area (Å²) >= 11 is 0. The molecule has 0 heterocycles. The van der Waals surface area contributed by atoms with Crippen LogP contribution in [0.15, 0.2) is 24.3 Å². The van der Waals surface area contributed by atoms with Crippen molar-refractivity contribution in [2.24, 2.45) is 0 Å². The highest BCUT2D eigenvalue weighted by atomic mass is 16.5. The summed E-state index contributed by atoms with van der Waals surface area (Å²) in [6.45, 7) is 8.72. The van der Waals surface area contributed by atoms with Crippen molar-refractivity contribution >= 4 is 0 Å². The molecule has 1 rings (SSSR count). The zero-order chi connectivity index (χ0) is 15.0. The first-order valence-corrected chi connectivity index (χ1v) is 7.40. The van der Waals surface area contributed by atoms with Crippen LogP contribution in [0.3, 0.4) is 0 Å². The number of benzene rings is 1. The van der Waals surface area contributed by atoms with Crippen LogP contribution in [-0.4, -0.2) is 18.2 Å². The summed E-state index contributed by atoms with van der Waals surface area (Å²) in [7, 11) is 0. The zero-order valence-corrected chi connectivity index (χ0v) is 13.1. The molecule has 0 spiro atoms. The van der Waals surface area contributed by atoms with E-state index in [9.17, 15) is 5.26 Å². The van der Waals surface area contributed by atoms with E-state index in [1.54, 1.807) is 0 Å². The third-order valence-electron chi connectivity index (χ3n) is 3.19. The van der Waals surface area contributed by atoms with Gasteiger partial charge in [-0.1, -0.05) is 25.5 Å². The van der Waals surface area contributed by atoms with E-state index >= 15 is 0 Å². The molecule has 0 saturated heterocycles. The summed E-state index contributed by atoms with van der Waals surface area (Å²) in [6.07, 6.45) is 2.92. The van der Waals surface area contributed by atoms with Crippen LogP contribution in [0.4, 0.5) is 0 Å². The van der Waals surface area contributed by atoms with Gasteiger partial charge in [0.1, 0.15) is 11.3 Å². The zero-order valence-electron chi connectivity index (χ0n) is 13.1. The molecule has 1 aromatic rings. The average molecular weight is 274 g/mol. The van der Waals surface area contributed by atoms with Gasteiger partial charge in [0.05, 0.1) is 12.7 Å². The fourth-order valence-electron chi connectivity index (χ4n) is 2.21. The molecule has 3 heteroatoms. The highest BCUT2D eigenvalue weighted by Gasteiger charge is 2.24. The van der Waals surface area contributed by atoms with Gasteiger partial charge in [0.25, 0.3) is 0 Å². The Morgan fingerprint density at radius 2 is 1.95 bits per heavy atom. The molecule has 1 atom stereocenters. The van der Waals surface area contributed by atoms with Gasteiger partial charge in [0.2, 0.25) is 0 Å². The van der Waals surface area contributed by atoms with Gasteiger partial charge in [-0.3, -0.25) is 5.32 Å². The van der Waals surface area contributed by atoms with Crippen LogP contribution in [0.5, 0.6) is 5.75 Å². The fourth-order valence-corrected chi connectivity index (χ4v) is 2.21. The van der Waals surface area contributed by atoms with E-state index in [-0.39, 0.29) is 6.04 Å². The Morgan fingerprint density at radius 1 is 1.30 bits per heavy atom. The number of nitrogens with one attached hydrogen (secondary N) is 1. The second kappa shape index (κ2) is 7.91. The molecule has 0 bridgehead atoms. The van der Waals surface area contributed by atoms with E-state index in [0.29, 0.717) is 13.0 Å². The largest absolute Gasteiger partial charge is 0.493 e. The van der Waals surface area contributed by atoms with Gasteiger partial charge in [-0.15, -0.1) is 0 Å². The maximum Gasteiger partial charge on any atom is 0.119 e. The molecule has 0 aromatic heterocycles. The minimum atomic E-state index is -0.531. The minimum absolute atomic E-state index is 0.285. The van der Waals surface area contributed by atoms with Crippen molar-refractivity contribution in [2.75, 3.05) is 6.61 Å². The van der Waals surface area contributed by atoms with Crippen molar-refractivity contribution in [3.63, 3.8) is 0 Å². The molecule has 0 aliphatic carbocycles. The summed E-state index contributed by atoms with van der Waals surface area (Å²) in [6, 6.07) is 10.8. The summed E-state index contributed by atoms with van der Waals surface area (Å²) in [5.74, 6) is 0.870. The lowest BCUT2D eigenvalue weighted by molar-refractivity contribution is 0.260. The highest BCUT2D eigenvalue weighted by Crippen LogP contribution is 2.16. The number of hydrogen-bond donors (Lipinski definition) is 1. The lowest BCUT2D eigenvalue weighted by Crippen LogP contribution is -2.45. The lowest BCUT2D eigenvalue weighted by atomic mass is 9.99. The predicted molar refractivity (Wildman–Crippen MR) is 82.8 cm³/mol. The molecule has 0 amide bonds. The molecule has 1 aromatic carbocycles. The summed E-state index contributed by atoms with van der Waals surface area (Å²) in [4.78, 5) is 0. The molecule has 110 valence electrons. The first-order chi connectivity index (χ1) is 9.49. The maximum atomic E-state index is 9.26. The number of aryl methyl sites for hydroxylation is 1. The van der Waals surface area contributed by atoms with E-state index in [1.165, 1.54) is 5.56 Å². The third kappa shape index (κ3) is 5.63. The van der Waals surface area contributed by atoms with Crippen LogP contribution in [0, 0.1) is 11.3 Å². The molecular weight excluding hydrogens is 248 g/mol. The molecule has 1 unspecified atom stereocenters. The van der Waals surface area contributed by atoms with Crippen molar-refractivity contribution < 1.29 is 4.74 Å². The molecule has 0 aliphatic rings. The van der Waals surface area contributed by atoms with Gasteiger partial charge in [-0.05, 0) is 44.9 Å². The molecular formula is C17H26N2O. The van der Waals surface area contributed by atoms with Crippen LogP contribution < -0.4 is 10.1 Å². The topological polar surface area (TPSA) is 45.0 Å². The van der Waals surface area contributed by atoms with Crippen LogP contribution in [0.1, 0.15) is 46.1 Å². The molecule has 20 heavy (non-hydrogen) atoms. The number of ether oxygens (including phenoxy) is 1. The monoisotopic (exact) mass is 274 g/mol. The lowest BCUT2D eigenvalue weighted by Gasteiger charge is -2.25. The van der Waals surface area contributed by atoms with E-state index in [0.717, 1.165) is 18.6 Å². The van der Waals surface area contributed by atoms with Crippen molar-refractivity contribution in [3.05, 3.63) is 29.8 Å². The SMILES string of the molecule is CCCc1ccc(OCCC(C)(C#N)NC(C)C)cc1. The highest BCUT2D eigenvalue weighted by molar-refractivity contribution is 5.27. The van der Waals surface area contributed by atoms with Gasteiger partial charge in [-0.25, -0.2) is 0 Å². The third-order valence-corrected chi connectivity index (χ3v) is 3.19. The van der Waals surface area contributed by atoms with E-state index < -0.39 is 5.54 Å². The Bertz CT molecular complexity index is 433. The van der Waals surface area contributed by atoms with Crippen LogP contribution in [0.25, 0.3) is 0 Å². The summed E-state index contributed by atoms with van der Waals surface area (Å²) in [5, 5.41) is 12.5. The van der Waals surface area contributed by atoms with Crippen LogP contribution in [0.2, 0.25) is 0 Å². The Kier molecular flexibility index (Phi) is 6.54.